The fraction of sp³-hybridized carbons (Fsp3) is 0.185. The minimum absolute atomic E-state index is 0.0712. The molecule has 0 spiro atoms. The molecule has 0 radical (unpaired) electrons. The number of benzene rings is 3. The molecule has 3 aromatic carbocycles. The Morgan fingerprint density at radius 3 is 2.03 bits per heavy atom. The van der Waals surface area contributed by atoms with Gasteiger partial charge >= 0.3 is 5.97 Å². The number of esters is 1. The summed E-state index contributed by atoms with van der Waals surface area (Å²) in [5.41, 5.74) is 2.35. The molecule has 1 N–H and O–H groups in total. The quantitative estimate of drug-likeness (QED) is 0.412. The molecular weight excluding hydrogens is 451 g/mol. The van der Waals surface area contributed by atoms with Crippen LogP contribution < -0.4 is 5.32 Å². The highest BCUT2D eigenvalue weighted by Gasteiger charge is 2.35. The van der Waals surface area contributed by atoms with E-state index in [1.165, 1.54) is 31.2 Å². The van der Waals surface area contributed by atoms with Crippen molar-refractivity contribution in [3.63, 3.8) is 0 Å². The summed E-state index contributed by atoms with van der Waals surface area (Å²) in [5, 5.41) is 2.73. The molecule has 3 amide bonds. The van der Waals surface area contributed by atoms with Crippen LogP contribution in [0.5, 0.6) is 0 Å². The third-order valence-electron chi connectivity index (χ3n) is 5.79. The van der Waals surface area contributed by atoms with E-state index in [4.69, 9.17) is 4.74 Å². The van der Waals surface area contributed by atoms with Gasteiger partial charge in [0.25, 0.3) is 17.7 Å². The number of ether oxygens (including phenoxy) is 1. The van der Waals surface area contributed by atoms with Crippen LogP contribution in [0, 0.1) is 5.82 Å². The number of imide groups is 1. The maximum Gasteiger partial charge on any atom is 0.338 e. The number of nitrogens with zero attached hydrogens (tertiary/aromatic N) is 1. The van der Waals surface area contributed by atoms with Crippen molar-refractivity contribution in [1.29, 1.82) is 0 Å². The first kappa shape index (κ1) is 23.8. The second kappa shape index (κ2) is 9.89. The summed E-state index contributed by atoms with van der Waals surface area (Å²) in [6.07, 6.45) is -1.05. The van der Waals surface area contributed by atoms with E-state index in [1.54, 1.807) is 55.5 Å². The van der Waals surface area contributed by atoms with E-state index in [2.05, 4.69) is 5.32 Å². The van der Waals surface area contributed by atoms with Crippen molar-refractivity contribution in [2.75, 3.05) is 0 Å². The van der Waals surface area contributed by atoms with Crippen LogP contribution in [0.4, 0.5) is 4.39 Å². The van der Waals surface area contributed by atoms with Crippen LogP contribution in [-0.4, -0.2) is 34.7 Å². The highest BCUT2D eigenvalue weighted by molar-refractivity contribution is 6.21. The Morgan fingerprint density at radius 1 is 0.886 bits per heavy atom. The summed E-state index contributed by atoms with van der Waals surface area (Å²) in [6.45, 7) is 3.27. The van der Waals surface area contributed by atoms with Crippen LogP contribution in [0.15, 0.2) is 72.8 Å². The largest absolute Gasteiger partial charge is 0.449 e. The van der Waals surface area contributed by atoms with Gasteiger partial charge in [-0.3, -0.25) is 19.3 Å². The molecule has 2 atom stereocenters. The van der Waals surface area contributed by atoms with Crippen LogP contribution in [-0.2, 0) is 16.1 Å². The number of halogens is 1. The van der Waals surface area contributed by atoms with Gasteiger partial charge in [-0.1, -0.05) is 36.4 Å². The monoisotopic (exact) mass is 474 g/mol. The number of nitrogens with one attached hydrogen (secondary N) is 1. The molecule has 2 unspecified atom stereocenters. The van der Waals surface area contributed by atoms with Crippen LogP contribution in [0.3, 0.4) is 0 Å². The molecule has 0 bridgehead atoms. The summed E-state index contributed by atoms with van der Waals surface area (Å²) in [4.78, 5) is 51.1. The number of hydrogen-bond acceptors (Lipinski definition) is 5. The third-order valence-corrected chi connectivity index (χ3v) is 5.79. The third kappa shape index (κ3) is 5.11. The van der Waals surface area contributed by atoms with E-state index >= 15 is 0 Å². The Bertz CT molecular complexity index is 1250. The minimum Gasteiger partial charge on any atom is -0.449 e. The Labute approximate surface area is 201 Å². The zero-order chi connectivity index (χ0) is 25.1. The molecule has 8 heteroatoms. The van der Waals surface area contributed by atoms with Crippen molar-refractivity contribution in [3.05, 3.63) is 106 Å². The van der Waals surface area contributed by atoms with E-state index in [9.17, 15) is 23.6 Å². The SMILES string of the molecule is CC(OC(=O)c1ccc(CN2C(=O)c3ccccc3C2=O)cc1)C(=O)NC(C)c1ccc(F)cc1. The first-order valence-corrected chi connectivity index (χ1v) is 11.1. The van der Waals surface area contributed by atoms with Gasteiger partial charge in [0.05, 0.1) is 29.3 Å². The average molecular weight is 474 g/mol. The summed E-state index contributed by atoms with van der Waals surface area (Å²) < 4.78 is 18.4. The average Bonchev–Trinajstić information content (AvgIpc) is 3.09. The van der Waals surface area contributed by atoms with Gasteiger partial charge in [0.15, 0.2) is 6.10 Å². The number of amides is 3. The zero-order valence-electron chi connectivity index (χ0n) is 19.2. The van der Waals surface area contributed by atoms with E-state index in [1.807, 2.05) is 0 Å². The highest BCUT2D eigenvalue weighted by atomic mass is 19.1. The maximum absolute atomic E-state index is 13.1. The molecule has 0 saturated carbocycles. The predicted octanol–water partition coefficient (Wildman–Crippen LogP) is 4.04. The van der Waals surface area contributed by atoms with Gasteiger partial charge in [0.1, 0.15) is 5.82 Å². The number of carbonyl (C=O) groups is 4. The molecule has 0 aromatic heterocycles. The van der Waals surface area contributed by atoms with Crippen molar-refractivity contribution in [2.24, 2.45) is 0 Å². The molecule has 0 fully saturated rings. The molecule has 1 heterocycles. The van der Waals surface area contributed by atoms with Crippen molar-refractivity contribution < 1.29 is 28.3 Å². The van der Waals surface area contributed by atoms with E-state index in [0.29, 0.717) is 22.3 Å². The van der Waals surface area contributed by atoms with Gasteiger partial charge in [0, 0.05) is 0 Å². The first-order valence-electron chi connectivity index (χ1n) is 11.1. The van der Waals surface area contributed by atoms with Gasteiger partial charge in [-0.15, -0.1) is 0 Å². The number of rotatable bonds is 7. The standard InChI is InChI=1S/C27H23FN2O5/c1-16(19-11-13-21(28)14-12-19)29-24(31)17(2)35-27(34)20-9-7-18(8-10-20)15-30-25(32)22-5-3-4-6-23(22)26(30)33/h3-14,16-17H,15H2,1-2H3,(H,29,31). The Balaban J connectivity index is 1.33. The van der Waals surface area contributed by atoms with Crippen molar-refractivity contribution in [2.45, 2.75) is 32.5 Å². The molecule has 0 aliphatic carbocycles. The smallest absolute Gasteiger partial charge is 0.338 e. The minimum atomic E-state index is -1.05. The van der Waals surface area contributed by atoms with Crippen LogP contribution >= 0.6 is 0 Å². The van der Waals surface area contributed by atoms with Crippen LogP contribution in [0.1, 0.15) is 62.1 Å². The molecule has 0 saturated heterocycles. The zero-order valence-corrected chi connectivity index (χ0v) is 19.2. The Hall–Kier alpha value is -4.33. The molecule has 35 heavy (non-hydrogen) atoms. The topological polar surface area (TPSA) is 92.8 Å². The molecule has 178 valence electrons. The fourth-order valence-electron chi connectivity index (χ4n) is 3.76. The number of hydrogen-bond donors (Lipinski definition) is 1. The molecule has 4 rings (SSSR count). The summed E-state index contributed by atoms with van der Waals surface area (Å²) in [7, 11) is 0. The molecule has 1 aliphatic rings. The van der Waals surface area contributed by atoms with Crippen molar-refractivity contribution in [3.8, 4) is 0 Å². The lowest BCUT2D eigenvalue weighted by Gasteiger charge is -2.18. The van der Waals surface area contributed by atoms with E-state index in [0.717, 1.165) is 4.90 Å². The van der Waals surface area contributed by atoms with Crippen LogP contribution in [0.2, 0.25) is 0 Å². The highest BCUT2D eigenvalue weighted by Crippen LogP contribution is 2.24. The Morgan fingerprint density at radius 2 is 1.46 bits per heavy atom. The van der Waals surface area contributed by atoms with Gasteiger partial charge in [-0.05, 0) is 61.4 Å². The Kier molecular flexibility index (Phi) is 6.73. The summed E-state index contributed by atoms with van der Waals surface area (Å²) >= 11 is 0. The van der Waals surface area contributed by atoms with Crippen molar-refractivity contribution in [1.82, 2.24) is 10.2 Å². The lowest BCUT2D eigenvalue weighted by Crippen LogP contribution is -2.37. The molecule has 1 aliphatic heterocycles. The van der Waals surface area contributed by atoms with Gasteiger partial charge in [0.2, 0.25) is 0 Å². The second-order valence-electron chi connectivity index (χ2n) is 8.27. The normalized spacial score (nSPS) is 14.3. The van der Waals surface area contributed by atoms with Gasteiger partial charge < -0.3 is 10.1 Å². The summed E-state index contributed by atoms with van der Waals surface area (Å²) in [6, 6.07) is 18.3. The summed E-state index contributed by atoms with van der Waals surface area (Å²) in [5.74, 6) is -2.26. The predicted molar refractivity (Wildman–Crippen MR) is 125 cm³/mol. The number of fused-ring (bicyclic) bond motifs is 1. The lowest BCUT2D eigenvalue weighted by molar-refractivity contribution is -0.129. The van der Waals surface area contributed by atoms with Crippen molar-refractivity contribution >= 4 is 23.7 Å². The fourth-order valence-corrected chi connectivity index (χ4v) is 3.76. The second-order valence-corrected chi connectivity index (χ2v) is 8.27. The van der Waals surface area contributed by atoms with Gasteiger partial charge in [-0.25, -0.2) is 9.18 Å². The number of carbonyl (C=O) groups excluding carboxylic acids is 4. The molecular formula is C27H23FN2O5. The van der Waals surface area contributed by atoms with Crippen LogP contribution in [0.25, 0.3) is 0 Å². The van der Waals surface area contributed by atoms with E-state index in [-0.39, 0.29) is 29.7 Å². The molecule has 7 nitrogen and oxygen atoms in total. The lowest BCUT2D eigenvalue weighted by atomic mass is 10.1. The van der Waals surface area contributed by atoms with Gasteiger partial charge in [-0.2, -0.15) is 0 Å². The molecule has 3 aromatic rings. The maximum atomic E-state index is 13.1. The van der Waals surface area contributed by atoms with E-state index < -0.39 is 24.0 Å². The first-order chi connectivity index (χ1) is 16.7.